The van der Waals surface area contributed by atoms with Gasteiger partial charge in [0.25, 0.3) is 0 Å². The molecule has 0 aliphatic heterocycles. The lowest BCUT2D eigenvalue weighted by Gasteiger charge is -2.21. The fraction of sp³-hybridized carbons (Fsp3) is 0.455. The number of ether oxygens (including phenoxy) is 1. The largest absolute Gasteiger partial charge is 0.490 e. The molecule has 154 valence electrons. The summed E-state index contributed by atoms with van der Waals surface area (Å²) < 4.78 is 9.68. The summed E-state index contributed by atoms with van der Waals surface area (Å²) in [7, 11) is 1.97. The van der Waals surface area contributed by atoms with Gasteiger partial charge in [-0.05, 0) is 48.4 Å². The number of rotatable bonds is 9. The van der Waals surface area contributed by atoms with Crippen LogP contribution in [0.4, 0.5) is 0 Å². The minimum Gasteiger partial charge on any atom is -0.490 e. The highest BCUT2D eigenvalue weighted by Crippen LogP contribution is 2.30. The number of benzene rings is 1. The normalized spacial score (nSPS) is 19.0. The van der Waals surface area contributed by atoms with Gasteiger partial charge in [0.05, 0.1) is 24.1 Å². The molecule has 3 aromatic rings. The molecule has 1 fully saturated rings. The van der Waals surface area contributed by atoms with Gasteiger partial charge in [0, 0.05) is 38.2 Å². The summed E-state index contributed by atoms with van der Waals surface area (Å²) in [6, 6.07) is 6.61. The van der Waals surface area contributed by atoms with Gasteiger partial charge in [-0.25, -0.2) is 4.98 Å². The van der Waals surface area contributed by atoms with Crippen molar-refractivity contribution in [2.24, 2.45) is 13.0 Å². The van der Waals surface area contributed by atoms with Gasteiger partial charge < -0.3 is 14.6 Å². The Bertz CT molecular complexity index is 908. The Morgan fingerprint density at radius 3 is 2.97 bits per heavy atom. The maximum atomic E-state index is 6.44. The van der Waals surface area contributed by atoms with Crippen molar-refractivity contribution in [3.8, 4) is 5.75 Å². The number of nitrogens with one attached hydrogen (secondary N) is 1. The zero-order valence-corrected chi connectivity index (χ0v) is 17.6. The van der Waals surface area contributed by atoms with E-state index in [2.05, 4.69) is 27.7 Å². The average Bonchev–Trinajstić information content (AvgIpc) is 3.45. The molecule has 0 amide bonds. The zero-order chi connectivity index (χ0) is 20.1. The number of aryl methyl sites for hydroxylation is 1. The molecule has 2 heterocycles. The second kappa shape index (κ2) is 9.46. The van der Waals surface area contributed by atoms with Crippen molar-refractivity contribution < 1.29 is 4.74 Å². The lowest BCUT2D eigenvalue weighted by molar-refractivity contribution is 0.298. The van der Waals surface area contributed by atoms with E-state index in [0.29, 0.717) is 23.6 Å². The molecule has 4 rings (SSSR count). The zero-order valence-electron chi connectivity index (χ0n) is 16.8. The molecule has 1 saturated carbocycles. The van der Waals surface area contributed by atoms with Gasteiger partial charge in [0.2, 0.25) is 0 Å². The van der Waals surface area contributed by atoms with Crippen LogP contribution in [0.1, 0.15) is 30.4 Å². The molecule has 0 saturated heterocycles. The first kappa shape index (κ1) is 20.0. The van der Waals surface area contributed by atoms with Crippen LogP contribution in [0.3, 0.4) is 0 Å². The molecule has 29 heavy (non-hydrogen) atoms. The second-order valence-electron chi connectivity index (χ2n) is 7.82. The standard InChI is InChI=1S/C22H28ClN5O/c1-27-15-18(14-26-27)11-19-3-2-4-21(19)25-13-17-5-6-22(20(23)12-17)29-10-9-28-8-7-24-16-28/h5-8,12,14-16,19,21,25H,2-4,9-11,13H2,1H3. The first-order chi connectivity index (χ1) is 14.2. The molecule has 1 aliphatic carbocycles. The molecule has 0 spiro atoms. The summed E-state index contributed by atoms with van der Waals surface area (Å²) >= 11 is 6.44. The summed E-state index contributed by atoms with van der Waals surface area (Å²) in [5.74, 6) is 1.39. The topological polar surface area (TPSA) is 56.9 Å². The van der Waals surface area contributed by atoms with Gasteiger partial charge >= 0.3 is 0 Å². The third-order valence-electron chi connectivity index (χ3n) is 5.65. The van der Waals surface area contributed by atoms with Crippen molar-refractivity contribution in [1.29, 1.82) is 0 Å². The van der Waals surface area contributed by atoms with E-state index < -0.39 is 0 Å². The fourth-order valence-corrected chi connectivity index (χ4v) is 4.39. The van der Waals surface area contributed by atoms with Crippen LogP contribution in [0.2, 0.25) is 5.02 Å². The summed E-state index contributed by atoms with van der Waals surface area (Å²) in [4.78, 5) is 4.03. The quantitative estimate of drug-likeness (QED) is 0.578. The smallest absolute Gasteiger partial charge is 0.137 e. The monoisotopic (exact) mass is 413 g/mol. The molecule has 2 atom stereocenters. The predicted octanol–water partition coefficient (Wildman–Crippen LogP) is 3.85. The third kappa shape index (κ3) is 5.40. The highest BCUT2D eigenvalue weighted by molar-refractivity contribution is 6.32. The number of imidazole rings is 1. The first-order valence-electron chi connectivity index (χ1n) is 10.3. The SMILES string of the molecule is Cn1cc(CC2CCCC2NCc2ccc(OCCn3ccnc3)c(Cl)c2)cn1. The van der Waals surface area contributed by atoms with Gasteiger partial charge in [-0.1, -0.05) is 24.1 Å². The summed E-state index contributed by atoms with van der Waals surface area (Å²) in [5, 5.41) is 8.70. The van der Waals surface area contributed by atoms with Crippen molar-refractivity contribution in [1.82, 2.24) is 24.6 Å². The van der Waals surface area contributed by atoms with Gasteiger partial charge in [-0.3, -0.25) is 4.68 Å². The second-order valence-corrected chi connectivity index (χ2v) is 8.23. The Hall–Kier alpha value is -2.31. The summed E-state index contributed by atoms with van der Waals surface area (Å²) in [6.07, 6.45) is 14.5. The van der Waals surface area contributed by atoms with Crippen molar-refractivity contribution in [2.75, 3.05) is 6.61 Å². The highest BCUT2D eigenvalue weighted by Gasteiger charge is 2.27. The van der Waals surface area contributed by atoms with E-state index in [9.17, 15) is 0 Å². The van der Waals surface area contributed by atoms with Crippen LogP contribution in [0.15, 0.2) is 49.3 Å². The molecule has 0 radical (unpaired) electrons. The first-order valence-corrected chi connectivity index (χ1v) is 10.6. The van der Waals surface area contributed by atoms with Crippen LogP contribution in [-0.4, -0.2) is 32.0 Å². The number of aromatic nitrogens is 4. The highest BCUT2D eigenvalue weighted by atomic mass is 35.5. The summed E-state index contributed by atoms with van der Waals surface area (Å²) in [5.41, 5.74) is 2.51. The minimum atomic E-state index is 0.542. The predicted molar refractivity (Wildman–Crippen MR) is 114 cm³/mol. The van der Waals surface area contributed by atoms with Gasteiger partial charge in [-0.2, -0.15) is 5.10 Å². The maximum absolute atomic E-state index is 6.44. The molecular formula is C22H28ClN5O. The van der Waals surface area contributed by atoms with Crippen LogP contribution in [0, 0.1) is 5.92 Å². The molecular weight excluding hydrogens is 386 g/mol. The molecule has 1 N–H and O–H groups in total. The number of halogens is 1. The lowest BCUT2D eigenvalue weighted by Crippen LogP contribution is -2.32. The van der Waals surface area contributed by atoms with Crippen LogP contribution in [-0.2, 0) is 26.6 Å². The average molecular weight is 414 g/mol. The number of hydrogen-bond acceptors (Lipinski definition) is 4. The fourth-order valence-electron chi connectivity index (χ4n) is 4.13. The van der Waals surface area contributed by atoms with E-state index in [1.807, 2.05) is 40.8 Å². The molecule has 6 nitrogen and oxygen atoms in total. The molecule has 1 aromatic carbocycles. The van der Waals surface area contributed by atoms with E-state index in [4.69, 9.17) is 16.3 Å². The Morgan fingerprint density at radius 1 is 1.28 bits per heavy atom. The van der Waals surface area contributed by atoms with E-state index in [1.54, 1.807) is 12.5 Å². The Balaban J connectivity index is 1.27. The van der Waals surface area contributed by atoms with Crippen molar-refractivity contribution in [3.63, 3.8) is 0 Å². The van der Waals surface area contributed by atoms with Gasteiger partial charge in [-0.15, -0.1) is 0 Å². The molecule has 2 aromatic heterocycles. The number of hydrogen-bond donors (Lipinski definition) is 1. The molecule has 0 bridgehead atoms. The Labute approximate surface area is 176 Å². The molecule has 7 heteroatoms. The van der Waals surface area contributed by atoms with Crippen molar-refractivity contribution in [2.45, 2.75) is 44.8 Å². The Morgan fingerprint density at radius 2 is 2.21 bits per heavy atom. The Kier molecular flexibility index (Phi) is 6.52. The van der Waals surface area contributed by atoms with Crippen molar-refractivity contribution >= 4 is 11.6 Å². The third-order valence-corrected chi connectivity index (χ3v) is 5.94. The molecule has 2 unspecified atom stereocenters. The van der Waals surface area contributed by atoms with Crippen molar-refractivity contribution in [3.05, 3.63) is 65.5 Å². The van der Waals surface area contributed by atoms with E-state index in [-0.39, 0.29) is 0 Å². The van der Waals surface area contributed by atoms with Gasteiger partial charge in [0.15, 0.2) is 0 Å². The van der Waals surface area contributed by atoms with Crippen LogP contribution in [0.5, 0.6) is 5.75 Å². The number of nitrogens with zero attached hydrogens (tertiary/aromatic N) is 4. The minimum absolute atomic E-state index is 0.542. The van der Waals surface area contributed by atoms with Crippen LogP contribution in [0.25, 0.3) is 0 Å². The van der Waals surface area contributed by atoms with E-state index in [0.717, 1.165) is 25.3 Å². The van der Waals surface area contributed by atoms with Gasteiger partial charge in [0.1, 0.15) is 12.4 Å². The maximum Gasteiger partial charge on any atom is 0.137 e. The van der Waals surface area contributed by atoms with Crippen LogP contribution < -0.4 is 10.1 Å². The van der Waals surface area contributed by atoms with Crippen LogP contribution >= 0.6 is 11.6 Å². The lowest BCUT2D eigenvalue weighted by atomic mass is 9.96. The van der Waals surface area contributed by atoms with E-state index in [1.165, 1.54) is 30.4 Å². The van der Waals surface area contributed by atoms with E-state index >= 15 is 0 Å². The molecule has 1 aliphatic rings. The summed E-state index contributed by atoms with van der Waals surface area (Å²) in [6.45, 7) is 2.13.